The Labute approximate surface area is 108 Å². The Hall–Kier alpha value is -1.29. The molecule has 4 heteroatoms. The first-order valence-corrected chi connectivity index (χ1v) is 6.86. The average Bonchev–Trinajstić information content (AvgIpc) is 3.23. The molecule has 0 aromatic carbocycles. The van der Waals surface area contributed by atoms with E-state index in [1.54, 1.807) is 7.11 Å². The van der Waals surface area contributed by atoms with E-state index in [4.69, 9.17) is 4.74 Å². The fourth-order valence-electron chi connectivity index (χ4n) is 2.61. The van der Waals surface area contributed by atoms with Crippen LogP contribution in [-0.2, 0) is 0 Å². The van der Waals surface area contributed by atoms with Crippen LogP contribution >= 0.6 is 0 Å². The van der Waals surface area contributed by atoms with Gasteiger partial charge in [-0.3, -0.25) is 0 Å². The molecule has 1 N–H and O–H groups in total. The lowest BCUT2D eigenvalue weighted by Gasteiger charge is -2.34. The van der Waals surface area contributed by atoms with Gasteiger partial charge in [0, 0.05) is 31.2 Å². The van der Waals surface area contributed by atoms with Crippen LogP contribution < -0.4 is 15.0 Å². The molecule has 1 aliphatic heterocycles. The van der Waals surface area contributed by atoms with Gasteiger partial charge in [-0.2, -0.15) is 0 Å². The lowest BCUT2D eigenvalue weighted by atomic mass is 10.1. The fourth-order valence-corrected chi connectivity index (χ4v) is 2.61. The minimum atomic E-state index is 0.647. The highest BCUT2D eigenvalue weighted by atomic mass is 16.5. The van der Waals surface area contributed by atoms with Gasteiger partial charge in [0.1, 0.15) is 0 Å². The van der Waals surface area contributed by atoms with Crippen LogP contribution in [0.2, 0.25) is 0 Å². The van der Waals surface area contributed by atoms with Crippen LogP contribution in [0.4, 0.5) is 5.69 Å². The molecule has 0 spiro atoms. The molecule has 2 aliphatic rings. The van der Waals surface area contributed by atoms with Crippen molar-refractivity contribution >= 4 is 5.69 Å². The van der Waals surface area contributed by atoms with Gasteiger partial charge in [-0.15, -0.1) is 0 Å². The Kier molecular flexibility index (Phi) is 3.37. The summed E-state index contributed by atoms with van der Waals surface area (Å²) in [5.41, 5.74) is 1.21. The number of pyridine rings is 1. The first kappa shape index (κ1) is 11.8. The van der Waals surface area contributed by atoms with Crippen molar-refractivity contribution in [2.45, 2.75) is 37.8 Å². The maximum absolute atomic E-state index is 5.10. The number of rotatable bonds is 4. The van der Waals surface area contributed by atoms with E-state index in [0.717, 1.165) is 19.1 Å². The predicted octanol–water partition coefficient (Wildman–Crippen LogP) is 1.81. The number of aromatic nitrogens is 1. The first-order valence-electron chi connectivity index (χ1n) is 6.86. The molecule has 1 saturated heterocycles. The van der Waals surface area contributed by atoms with E-state index < -0.39 is 0 Å². The number of methoxy groups -OCH3 is 1. The van der Waals surface area contributed by atoms with Gasteiger partial charge in [0.25, 0.3) is 0 Å². The summed E-state index contributed by atoms with van der Waals surface area (Å²) in [4.78, 5) is 6.71. The van der Waals surface area contributed by atoms with Crippen LogP contribution in [0.25, 0.3) is 0 Å². The Morgan fingerprint density at radius 3 is 2.83 bits per heavy atom. The van der Waals surface area contributed by atoms with Crippen LogP contribution in [0, 0.1) is 0 Å². The predicted molar refractivity (Wildman–Crippen MR) is 72.2 cm³/mol. The summed E-state index contributed by atoms with van der Waals surface area (Å²) in [6, 6.07) is 5.48. The number of nitrogens with zero attached hydrogens (tertiary/aromatic N) is 2. The van der Waals surface area contributed by atoms with Gasteiger partial charge >= 0.3 is 0 Å². The monoisotopic (exact) mass is 247 g/mol. The second-order valence-electron chi connectivity index (χ2n) is 5.28. The smallest absolute Gasteiger partial charge is 0.213 e. The maximum Gasteiger partial charge on any atom is 0.213 e. The van der Waals surface area contributed by atoms with Crippen molar-refractivity contribution in [3.63, 3.8) is 0 Å². The molecule has 18 heavy (non-hydrogen) atoms. The fraction of sp³-hybridized carbons (Fsp3) is 0.643. The zero-order valence-electron chi connectivity index (χ0n) is 10.9. The lowest BCUT2D eigenvalue weighted by molar-refractivity contribution is 0.397. The summed E-state index contributed by atoms with van der Waals surface area (Å²) in [5, 5.41) is 3.73. The highest BCUT2D eigenvalue weighted by Crippen LogP contribution is 2.24. The summed E-state index contributed by atoms with van der Waals surface area (Å²) >= 11 is 0. The van der Waals surface area contributed by atoms with Gasteiger partial charge in [0.05, 0.1) is 19.0 Å². The summed E-state index contributed by atoms with van der Waals surface area (Å²) < 4.78 is 5.10. The quantitative estimate of drug-likeness (QED) is 0.880. The molecule has 1 aliphatic carbocycles. The third-order valence-corrected chi connectivity index (χ3v) is 3.77. The number of hydrogen-bond donors (Lipinski definition) is 1. The van der Waals surface area contributed by atoms with Gasteiger partial charge in [0.15, 0.2) is 0 Å². The van der Waals surface area contributed by atoms with Gasteiger partial charge in [-0.05, 0) is 31.7 Å². The number of nitrogens with one attached hydrogen (secondary N) is 1. The number of ether oxygens (including phenoxy) is 1. The minimum Gasteiger partial charge on any atom is -0.481 e. The SMILES string of the molecule is COc1ccc(N2CCCC(NC3CC3)C2)cn1. The van der Waals surface area contributed by atoms with Gasteiger partial charge in [-0.25, -0.2) is 4.98 Å². The van der Waals surface area contributed by atoms with Crippen molar-refractivity contribution in [2.75, 3.05) is 25.1 Å². The van der Waals surface area contributed by atoms with E-state index in [1.165, 1.54) is 31.4 Å². The summed E-state index contributed by atoms with van der Waals surface area (Å²) in [5.74, 6) is 0.684. The molecule has 4 nitrogen and oxygen atoms in total. The Bertz CT molecular complexity index is 389. The van der Waals surface area contributed by atoms with E-state index >= 15 is 0 Å². The van der Waals surface area contributed by atoms with Gasteiger partial charge in [0.2, 0.25) is 5.88 Å². The molecule has 0 bridgehead atoms. The van der Waals surface area contributed by atoms with Crippen LogP contribution in [0.15, 0.2) is 18.3 Å². The zero-order chi connectivity index (χ0) is 12.4. The molecule has 2 fully saturated rings. The molecule has 1 saturated carbocycles. The van der Waals surface area contributed by atoms with Crippen molar-refractivity contribution < 1.29 is 4.74 Å². The number of anilines is 1. The largest absolute Gasteiger partial charge is 0.481 e. The van der Waals surface area contributed by atoms with Crippen molar-refractivity contribution in [1.29, 1.82) is 0 Å². The second-order valence-corrected chi connectivity index (χ2v) is 5.28. The van der Waals surface area contributed by atoms with E-state index in [2.05, 4.69) is 21.3 Å². The molecular formula is C14H21N3O. The van der Waals surface area contributed by atoms with Crippen molar-refractivity contribution in [3.05, 3.63) is 18.3 Å². The maximum atomic E-state index is 5.10. The van der Waals surface area contributed by atoms with Gasteiger partial charge < -0.3 is 15.0 Å². The standard InChI is InChI=1S/C14H21N3O/c1-18-14-7-6-13(9-15-14)17-8-2-3-12(10-17)16-11-4-5-11/h6-7,9,11-12,16H,2-5,8,10H2,1H3. The zero-order valence-corrected chi connectivity index (χ0v) is 10.9. The van der Waals surface area contributed by atoms with Crippen molar-refractivity contribution in [3.8, 4) is 5.88 Å². The molecule has 1 atom stereocenters. The van der Waals surface area contributed by atoms with Crippen LogP contribution in [0.1, 0.15) is 25.7 Å². The molecule has 2 heterocycles. The Morgan fingerprint density at radius 2 is 2.17 bits per heavy atom. The van der Waals surface area contributed by atoms with E-state index in [-0.39, 0.29) is 0 Å². The van der Waals surface area contributed by atoms with Crippen LogP contribution in [0.5, 0.6) is 5.88 Å². The second kappa shape index (κ2) is 5.14. The molecule has 98 valence electrons. The molecule has 1 aromatic rings. The lowest BCUT2D eigenvalue weighted by Crippen LogP contribution is -2.46. The molecule has 0 radical (unpaired) electrons. The minimum absolute atomic E-state index is 0.647. The van der Waals surface area contributed by atoms with E-state index in [0.29, 0.717) is 11.9 Å². The molecular weight excluding hydrogens is 226 g/mol. The molecule has 1 unspecified atom stereocenters. The topological polar surface area (TPSA) is 37.4 Å². The molecule has 0 amide bonds. The van der Waals surface area contributed by atoms with E-state index in [9.17, 15) is 0 Å². The molecule has 3 rings (SSSR count). The molecule has 1 aromatic heterocycles. The third-order valence-electron chi connectivity index (χ3n) is 3.77. The first-order chi connectivity index (χ1) is 8.85. The van der Waals surface area contributed by atoms with Crippen LogP contribution in [0.3, 0.4) is 0 Å². The van der Waals surface area contributed by atoms with Crippen molar-refractivity contribution in [1.82, 2.24) is 10.3 Å². The van der Waals surface area contributed by atoms with Crippen molar-refractivity contribution in [2.24, 2.45) is 0 Å². The summed E-state index contributed by atoms with van der Waals surface area (Å²) in [7, 11) is 1.65. The normalized spacial score (nSPS) is 24.1. The number of piperidine rings is 1. The summed E-state index contributed by atoms with van der Waals surface area (Å²) in [6.45, 7) is 2.24. The third kappa shape index (κ3) is 2.75. The highest BCUT2D eigenvalue weighted by molar-refractivity contribution is 5.46. The Morgan fingerprint density at radius 1 is 1.28 bits per heavy atom. The average molecular weight is 247 g/mol. The van der Waals surface area contributed by atoms with Crippen LogP contribution in [-0.4, -0.2) is 37.3 Å². The highest BCUT2D eigenvalue weighted by Gasteiger charge is 2.27. The van der Waals surface area contributed by atoms with E-state index in [1.807, 2.05) is 12.3 Å². The summed E-state index contributed by atoms with van der Waals surface area (Å²) in [6.07, 6.45) is 7.20. The van der Waals surface area contributed by atoms with Gasteiger partial charge in [-0.1, -0.05) is 0 Å². The number of hydrogen-bond acceptors (Lipinski definition) is 4. The Balaban J connectivity index is 1.62.